The molecular weight excluding hydrogens is 338 g/mol. The molecule has 3 nitrogen and oxygen atoms in total. The van der Waals surface area contributed by atoms with Gasteiger partial charge in [-0.05, 0) is 62.0 Å². The Morgan fingerprint density at radius 2 is 1.92 bits per heavy atom. The molecular formula is C22H29NO2Si. The number of nitrogens with one attached hydrogen (secondary N) is 1. The standard InChI is InChI=1S/C22H29NO2Si/c1-14-17-9-7-8-15(17)12-16-10-11-18(19(14)16)26(5,6)21-20(24-13-25-21)23-22(2,3)4/h7-11,18,23H,12-13H2,1-6H3. The third-order valence-electron chi connectivity index (χ3n) is 5.71. The largest absolute Gasteiger partial charge is 0.461 e. The van der Waals surface area contributed by atoms with Crippen LogP contribution in [0.3, 0.4) is 0 Å². The van der Waals surface area contributed by atoms with Crippen molar-refractivity contribution in [3.8, 4) is 0 Å². The number of allylic oxidation sites excluding steroid dienone is 10. The first kappa shape index (κ1) is 17.5. The first-order chi connectivity index (χ1) is 12.2. The lowest BCUT2D eigenvalue weighted by atomic mass is 9.85. The van der Waals surface area contributed by atoms with Crippen LogP contribution in [0.4, 0.5) is 0 Å². The van der Waals surface area contributed by atoms with Gasteiger partial charge in [0.15, 0.2) is 0 Å². The summed E-state index contributed by atoms with van der Waals surface area (Å²) >= 11 is 0. The molecule has 0 saturated heterocycles. The van der Waals surface area contributed by atoms with Crippen molar-refractivity contribution in [2.45, 2.75) is 58.3 Å². The van der Waals surface area contributed by atoms with Crippen molar-refractivity contribution in [2.75, 3.05) is 6.79 Å². The molecule has 0 radical (unpaired) electrons. The van der Waals surface area contributed by atoms with E-state index in [-0.39, 0.29) is 5.54 Å². The molecule has 0 bridgehead atoms. The second-order valence-electron chi connectivity index (χ2n) is 9.20. The van der Waals surface area contributed by atoms with E-state index in [0.29, 0.717) is 12.3 Å². The SMILES string of the molecule is CC1=C2C=CC=C2CC2=C1C([Si](C)(C)C1=C(NC(C)(C)C)OCO1)C=C2. The molecule has 138 valence electrons. The third kappa shape index (κ3) is 2.71. The molecule has 0 saturated carbocycles. The Hall–Kier alpha value is -1.94. The summed E-state index contributed by atoms with van der Waals surface area (Å²) in [5.74, 6) is 0.846. The fourth-order valence-electron chi connectivity index (χ4n) is 4.49. The van der Waals surface area contributed by atoms with Crippen LogP contribution in [0, 0.1) is 0 Å². The van der Waals surface area contributed by atoms with Crippen molar-refractivity contribution in [2.24, 2.45) is 0 Å². The predicted molar refractivity (Wildman–Crippen MR) is 109 cm³/mol. The Morgan fingerprint density at radius 3 is 2.65 bits per heavy atom. The Kier molecular flexibility index (Phi) is 3.88. The normalized spacial score (nSPS) is 24.7. The lowest BCUT2D eigenvalue weighted by molar-refractivity contribution is 0.0669. The molecule has 1 atom stereocenters. The second-order valence-corrected chi connectivity index (χ2v) is 13.7. The molecule has 1 unspecified atom stereocenters. The highest BCUT2D eigenvalue weighted by molar-refractivity contribution is 6.86. The number of hydrogen-bond acceptors (Lipinski definition) is 3. The van der Waals surface area contributed by atoms with Gasteiger partial charge in [-0.1, -0.05) is 43.5 Å². The number of ether oxygens (including phenoxy) is 2. The zero-order chi connectivity index (χ0) is 18.7. The number of hydrogen-bond donors (Lipinski definition) is 1. The summed E-state index contributed by atoms with van der Waals surface area (Å²) in [5, 5.41) is 4.58. The number of fused-ring (bicyclic) bond motifs is 1. The van der Waals surface area contributed by atoms with Crippen LogP contribution in [0.2, 0.25) is 18.6 Å². The molecule has 1 heterocycles. The van der Waals surface area contributed by atoms with Gasteiger partial charge in [-0.2, -0.15) is 0 Å². The minimum absolute atomic E-state index is 0.0498. The molecule has 3 aliphatic carbocycles. The molecule has 1 aliphatic heterocycles. The van der Waals surface area contributed by atoms with E-state index >= 15 is 0 Å². The fourth-order valence-corrected chi connectivity index (χ4v) is 7.62. The molecule has 26 heavy (non-hydrogen) atoms. The van der Waals surface area contributed by atoms with Gasteiger partial charge >= 0.3 is 0 Å². The van der Waals surface area contributed by atoms with Crippen molar-refractivity contribution in [3.05, 3.63) is 69.5 Å². The summed E-state index contributed by atoms with van der Waals surface area (Å²) in [4.78, 5) is 0. The lowest BCUT2D eigenvalue weighted by Crippen LogP contribution is -2.41. The Balaban J connectivity index is 1.72. The van der Waals surface area contributed by atoms with Gasteiger partial charge in [0.1, 0.15) is 13.5 Å². The second kappa shape index (κ2) is 5.78. The van der Waals surface area contributed by atoms with E-state index in [9.17, 15) is 0 Å². The molecule has 0 aromatic carbocycles. The van der Waals surface area contributed by atoms with E-state index in [0.717, 1.165) is 17.7 Å². The molecule has 1 N–H and O–H groups in total. The van der Waals surface area contributed by atoms with E-state index in [1.807, 2.05) is 0 Å². The minimum atomic E-state index is -1.95. The van der Waals surface area contributed by atoms with E-state index in [1.165, 1.54) is 27.9 Å². The topological polar surface area (TPSA) is 30.5 Å². The van der Waals surface area contributed by atoms with Gasteiger partial charge in [-0.15, -0.1) is 0 Å². The van der Waals surface area contributed by atoms with Crippen molar-refractivity contribution in [1.29, 1.82) is 0 Å². The average Bonchev–Trinajstić information content (AvgIpc) is 3.23. The number of rotatable bonds is 3. The monoisotopic (exact) mass is 367 g/mol. The first-order valence-corrected chi connectivity index (χ1v) is 12.5. The van der Waals surface area contributed by atoms with Crippen molar-refractivity contribution < 1.29 is 9.47 Å². The Bertz CT molecular complexity index is 844. The van der Waals surface area contributed by atoms with Gasteiger partial charge in [0.25, 0.3) is 0 Å². The van der Waals surface area contributed by atoms with E-state index < -0.39 is 8.07 Å². The lowest BCUT2D eigenvalue weighted by Gasteiger charge is -2.34. The Labute approximate surface area is 157 Å². The summed E-state index contributed by atoms with van der Waals surface area (Å²) < 4.78 is 11.9. The van der Waals surface area contributed by atoms with Gasteiger partial charge in [0.2, 0.25) is 12.7 Å². The van der Waals surface area contributed by atoms with Gasteiger partial charge in [-0.3, -0.25) is 0 Å². The van der Waals surface area contributed by atoms with Gasteiger partial charge in [0, 0.05) is 11.1 Å². The van der Waals surface area contributed by atoms with Gasteiger partial charge < -0.3 is 14.8 Å². The predicted octanol–water partition coefficient (Wildman–Crippen LogP) is 5.25. The first-order valence-electron chi connectivity index (χ1n) is 9.47. The maximum Gasteiger partial charge on any atom is 0.231 e. The third-order valence-corrected chi connectivity index (χ3v) is 9.28. The fraction of sp³-hybridized carbons (Fsp3) is 0.455. The average molecular weight is 368 g/mol. The highest BCUT2D eigenvalue weighted by Gasteiger charge is 2.46. The summed E-state index contributed by atoms with van der Waals surface area (Å²) in [7, 11) is -1.95. The highest BCUT2D eigenvalue weighted by atomic mass is 28.3. The molecule has 0 aromatic heterocycles. The van der Waals surface area contributed by atoms with Crippen LogP contribution in [-0.4, -0.2) is 20.4 Å². The Morgan fingerprint density at radius 1 is 1.15 bits per heavy atom. The quantitative estimate of drug-likeness (QED) is 0.691. The molecule has 0 fully saturated rings. The highest BCUT2D eigenvalue weighted by Crippen LogP contribution is 2.51. The van der Waals surface area contributed by atoms with E-state index in [1.54, 1.807) is 0 Å². The zero-order valence-electron chi connectivity index (χ0n) is 16.7. The van der Waals surface area contributed by atoms with E-state index in [2.05, 4.69) is 76.5 Å². The molecule has 4 heteroatoms. The molecule has 0 amide bonds. The van der Waals surface area contributed by atoms with Crippen LogP contribution in [-0.2, 0) is 9.47 Å². The minimum Gasteiger partial charge on any atom is -0.461 e. The summed E-state index contributed by atoms with van der Waals surface area (Å²) in [5.41, 5.74) is 7.70. The van der Waals surface area contributed by atoms with Crippen molar-refractivity contribution in [1.82, 2.24) is 5.32 Å². The van der Waals surface area contributed by atoms with Crippen LogP contribution in [0.1, 0.15) is 34.1 Å². The molecule has 0 aromatic rings. The molecule has 4 rings (SSSR count). The molecule has 0 spiro atoms. The zero-order valence-corrected chi connectivity index (χ0v) is 17.7. The summed E-state index contributed by atoms with van der Waals surface area (Å²) in [6, 6.07) is 0. The van der Waals surface area contributed by atoms with Crippen LogP contribution in [0.5, 0.6) is 0 Å². The van der Waals surface area contributed by atoms with Gasteiger partial charge in [0.05, 0.1) is 0 Å². The molecule has 4 aliphatic rings. The maximum atomic E-state index is 6.05. The van der Waals surface area contributed by atoms with Crippen molar-refractivity contribution in [3.63, 3.8) is 0 Å². The van der Waals surface area contributed by atoms with Crippen molar-refractivity contribution >= 4 is 8.07 Å². The maximum absolute atomic E-state index is 6.05. The van der Waals surface area contributed by atoms with E-state index in [4.69, 9.17) is 9.47 Å². The van der Waals surface area contributed by atoms with Crippen LogP contribution in [0.25, 0.3) is 0 Å². The van der Waals surface area contributed by atoms with Crippen LogP contribution in [0.15, 0.2) is 69.5 Å². The van der Waals surface area contributed by atoms with Crippen LogP contribution >= 0.6 is 0 Å². The van der Waals surface area contributed by atoms with Gasteiger partial charge in [-0.25, -0.2) is 0 Å². The summed E-state index contributed by atoms with van der Waals surface area (Å²) in [6.07, 6.45) is 12.5. The summed E-state index contributed by atoms with van der Waals surface area (Å²) in [6.45, 7) is 13.9. The van der Waals surface area contributed by atoms with Crippen LogP contribution < -0.4 is 5.32 Å². The smallest absolute Gasteiger partial charge is 0.231 e.